The number of nitrogens with one attached hydrogen (secondary N) is 1. The van der Waals surface area contributed by atoms with Crippen molar-refractivity contribution in [3.05, 3.63) is 100 Å². The second-order valence-electron chi connectivity index (χ2n) is 7.93. The Bertz CT molecular complexity index is 1180. The van der Waals surface area contributed by atoms with Crippen molar-refractivity contribution >= 4 is 23.3 Å². The zero-order chi connectivity index (χ0) is 24.1. The maximum Gasteiger partial charge on any atom is 0.321 e. The molecule has 0 spiro atoms. The second-order valence-corrected chi connectivity index (χ2v) is 7.93. The number of non-ortho nitro benzene ring substituents is 1. The van der Waals surface area contributed by atoms with E-state index in [1.807, 2.05) is 30.3 Å². The normalized spacial score (nSPS) is 16.2. The number of nitro benzene ring substituents is 1. The predicted molar refractivity (Wildman–Crippen MR) is 125 cm³/mol. The van der Waals surface area contributed by atoms with Crippen LogP contribution in [0.5, 0.6) is 5.75 Å². The fourth-order valence-corrected chi connectivity index (χ4v) is 3.85. The molecule has 1 aliphatic rings. The van der Waals surface area contributed by atoms with Crippen LogP contribution in [0.4, 0.5) is 11.4 Å². The van der Waals surface area contributed by atoms with Crippen molar-refractivity contribution in [1.29, 1.82) is 0 Å². The standard InChI is InChI=1S/C25H23N3O6/c29-24-21(26-20(25(30)31)14-17-6-2-1-3-7-17)16-34-23-9-5-4-8-22(23)27(24)15-18-10-12-19(13-11-18)28(32)33/h1-13,20-21,26H,14-16H2,(H,30,31)/t20-,21-/m0/s1. The molecule has 1 amide bonds. The molecule has 9 heteroatoms. The molecule has 9 nitrogen and oxygen atoms in total. The molecule has 1 aliphatic heterocycles. The fraction of sp³-hybridized carbons (Fsp3) is 0.200. The van der Waals surface area contributed by atoms with Gasteiger partial charge in [-0.2, -0.15) is 0 Å². The molecule has 174 valence electrons. The Morgan fingerprint density at radius 1 is 1.06 bits per heavy atom. The molecule has 1 heterocycles. The van der Waals surface area contributed by atoms with Crippen molar-refractivity contribution in [2.75, 3.05) is 11.5 Å². The van der Waals surface area contributed by atoms with Gasteiger partial charge in [-0.05, 0) is 29.7 Å². The van der Waals surface area contributed by atoms with Crippen LogP contribution in [0.1, 0.15) is 11.1 Å². The molecule has 0 radical (unpaired) electrons. The fourth-order valence-electron chi connectivity index (χ4n) is 3.85. The van der Waals surface area contributed by atoms with Crippen molar-refractivity contribution in [1.82, 2.24) is 5.32 Å². The van der Waals surface area contributed by atoms with E-state index < -0.39 is 23.0 Å². The van der Waals surface area contributed by atoms with E-state index in [9.17, 15) is 24.8 Å². The van der Waals surface area contributed by atoms with Gasteiger partial charge in [-0.25, -0.2) is 0 Å². The van der Waals surface area contributed by atoms with E-state index in [1.54, 1.807) is 36.4 Å². The molecule has 2 N–H and O–H groups in total. The monoisotopic (exact) mass is 461 g/mol. The predicted octanol–water partition coefficient (Wildman–Crippen LogP) is 3.17. The molecule has 0 unspecified atom stereocenters. The summed E-state index contributed by atoms with van der Waals surface area (Å²) in [6.45, 7) is 0.108. The Labute approximate surface area is 195 Å². The van der Waals surface area contributed by atoms with Crippen LogP contribution < -0.4 is 15.0 Å². The summed E-state index contributed by atoms with van der Waals surface area (Å²) in [5, 5.41) is 23.7. The first kappa shape index (κ1) is 22.9. The van der Waals surface area contributed by atoms with Crippen LogP contribution in [0, 0.1) is 10.1 Å². The number of benzene rings is 3. The van der Waals surface area contributed by atoms with Crippen LogP contribution in [-0.2, 0) is 22.6 Å². The maximum atomic E-state index is 13.6. The van der Waals surface area contributed by atoms with Gasteiger partial charge in [0.15, 0.2) is 0 Å². The highest BCUT2D eigenvalue weighted by Crippen LogP contribution is 2.32. The van der Waals surface area contributed by atoms with Crippen LogP contribution in [0.15, 0.2) is 78.9 Å². The Morgan fingerprint density at radius 2 is 1.74 bits per heavy atom. The minimum absolute atomic E-state index is 0.0365. The van der Waals surface area contributed by atoms with Crippen molar-refractivity contribution < 1.29 is 24.4 Å². The Morgan fingerprint density at radius 3 is 2.41 bits per heavy atom. The van der Waals surface area contributed by atoms with Crippen LogP contribution in [0.25, 0.3) is 0 Å². The zero-order valence-corrected chi connectivity index (χ0v) is 18.2. The van der Waals surface area contributed by atoms with E-state index in [0.717, 1.165) is 5.56 Å². The number of para-hydroxylation sites is 2. The van der Waals surface area contributed by atoms with Crippen molar-refractivity contribution in [2.45, 2.75) is 25.0 Å². The number of carbonyl (C=O) groups is 2. The van der Waals surface area contributed by atoms with Crippen molar-refractivity contribution in [2.24, 2.45) is 0 Å². The van der Waals surface area contributed by atoms with E-state index in [-0.39, 0.29) is 31.2 Å². The topological polar surface area (TPSA) is 122 Å². The first-order chi connectivity index (χ1) is 16.4. The summed E-state index contributed by atoms with van der Waals surface area (Å²) >= 11 is 0. The molecule has 0 aromatic heterocycles. The van der Waals surface area contributed by atoms with E-state index in [0.29, 0.717) is 17.0 Å². The average molecular weight is 461 g/mol. The summed E-state index contributed by atoms with van der Waals surface area (Å²) in [6.07, 6.45) is 0.204. The van der Waals surface area contributed by atoms with Gasteiger partial charge in [-0.3, -0.25) is 25.0 Å². The molecule has 0 fully saturated rings. The number of amides is 1. The molecule has 2 atom stereocenters. The lowest BCUT2D eigenvalue weighted by Crippen LogP contribution is -2.54. The van der Waals surface area contributed by atoms with Crippen LogP contribution in [0.2, 0.25) is 0 Å². The van der Waals surface area contributed by atoms with Crippen molar-refractivity contribution in [3.63, 3.8) is 0 Å². The number of carboxylic acid groups (broad SMARTS) is 1. The van der Waals surface area contributed by atoms with Crippen LogP contribution >= 0.6 is 0 Å². The number of aliphatic carboxylic acids is 1. The minimum Gasteiger partial charge on any atom is -0.489 e. The van der Waals surface area contributed by atoms with Crippen LogP contribution in [-0.4, -0.2) is 40.6 Å². The number of hydrogen-bond donors (Lipinski definition) is 2. The van der Waals surface area contributed by atoms with Gasteiger partial charge in [-0.1, -0.05) is 54.6 Å². The Kier molecular flexibility index (Phi) is 6.84. The smallest absolute Gasteiger partial charge is 0.321 e. The third kappa shape index (κ3) is 5.21. The Hall–Kier alpha value is -4.24. The quantitative estimate of drug-likeness (QED) is 0.390. The molecule has 0 aliphatic carbocycles. The highest BCUT2D eigenvalue weighted by molar-refractivity contribution is 5.99. The highest BCUT2D eigenvalue weighted by Gasteiger charge is 2.34. The maximum absolute atomic E-state index is 13.6. The largest absolute Gasteiger partial charge is 0.489 e. The van der Waals surface area contributed by atoms with Gasteiger partial charge in [0.2, 0.25) is 5.91 Å². The number of fused-ring (bicyclic) bond motifs is 1. The third-order valence-electron chi connectivity index (χ3n) is 5.60. The molecule has 34 heavy (non-hydrogen) atoms. The van der Waals surface area contributed by atoms with Gasteiger partial charge >= 0.3 is 5.97 Å². The summed E-state index contributed by atoms with van der Waals surface area (Å²) in [5.41, 5.74) is 2.02. The number of nitro groups is 1. The van der Waals surface area contributed by atoms with Gasteiger partial charge in [0.1, 0.15) is 24.4 Å². The van der Waals surface area contributed by atoms with Gasteiger partial charge in [0, 0.05) is 12.1 Å². The van der Waals surface area contributed by atoms with E-state index in [1.165, 1.54) is 17.0 Å². The first-order valence-electron chi connectivity index (χ1n) is 10.7. The summed E-state index contributed by atoms with van der Waals surface area (Å²) in [4.78, 5) is 37.5. The lowest BCUT2D eigenvalue weighted by atomic mass is 10.0. The number of nitrogens with zero attached hydrogens (tertiary/aromatic N) is 2. The number of carboxylic acids is 1. The summed E-state index contributed by atoms with van der Waals surface area (Å²) in [5.74, 6) is -0.917. The molecule has 0 saturated heterocycles. The Balaban J connectivity index is 1.59. The van der Waals surface area contributed by atoms with Gasteiger partial charge in [-0.15, -0.1) is 0 Å². The molecular weight excluding hydrogens is 438 g/mol. The molecule has 3 aromatic rings. The van der Waals surface area contributed by atoms with E-state index in [4.69, 9.17) is 4.74 Å². The van der Waals surface area contributed by atoms with Crippen LogP contribution in [0.3, 0.4) is 0 Å². The number of ether oxygens (including phenoxy) is 1. The molecular formula is C25H23N3O6. The van der Waals surface area contributed by atoms with Gasteiger partial charge in [0.05, 0.1) is 17.2 Å². The number of carbonyl (C=O) groups excluding carboxylic acids is 1. The lowest BCUT2D eigenvalue weighted by Gasteiger charge is -2.26. The number of anilines is 1. The minimum atomic E-state index is -1.07. The molecule has 0 saturated carbocycles. The summed E-state index contributed by atoms with van der Waals surface area (Å²) < 4.78 is 5.87. The molecule has 0 bridgehead atoms. The van der Waals surface area contributed by atoms with E-state index >= 15 is 0 Å². The third-order valence-corrected chi connectivity index (χ3v) is 5.60. The number of hydrogen-bond acceptors (Lipinski definition) is 6. The van der Waals surface area contributed by atoms with Gasteiger partial charge in [0.25, 0.3) is 5.69 Å². The zero-order valence-electron chi connectivity index (χ0n) is 18.2. The summed E-state index contributed by atoms with van der Waals surface area (Å²) in [7, 11) is 0. The SMILES string of the molecule is O=C(O)[C@H](Cc1ccccc1)N[C@H]1COc2ccccc2N(Cc2ccc([N+](=O)[O-])cc2)C1=O. The number of rotatable bonds is 8. The lowest BCUT2D eigenvalue weighted by molar-refractivity contribution is -0.384. The molecule has 3 aromatic carbocycles. The van der Waals surface area contributed by atoms with Gasteiger partial charge < -0.3 is 14.7 Å². The van der Waals surface area contributed by atoms with E-state index in [2.05, 4.69) is 5.32 Å². The highest BCUT2D eigenvalue weighted by atomic mass is 16.6. The second kappa shape index (κ2) is 10.1. The first-order valence-corrected chi connectivity index (χ1v) is 10.7. The van der Waals surface area contributed by atoms with Crippen molar-refractivity contribution in [3.8, 4) is 5.75 Å². The summed E-state index contributed by atoms with van der Waals surface area (Å²) in [6, 6.07) is 20.3. The average Bonchev–Trinajstić information content (AvgIpc) is 2.97. The molecule has 4 rings (SSSR count).